The van der Waals surface area contributed by atoms with Gasteiger partial charge in [-0.15, -0.1) is 0 Å². The van der Waals surface area contributed by atoms with E-state index in [1.807, 2.05) is 37.3 Å². The summed E-state index contributed by atoms with van der Waals surface area (Å²) < 4.78 is 13.8. The lowest BCUT2D eigenvalue weighted by Crippen LogP contribution is -1.94. The van der Waals surface area contributed by atoms with Crippen LogP contribution in [0.15, 0.2) is 53.0 Å². The Balaban J connectivity index is 2.35. The molecule has 0 saturated heterocycles. The topological polar surface area (TPSA) is 26.0 Å². The van der Waals surface area contributed by atoms with E-state index in [1.165, 1.54) is 12.1 Å². The number of benzene rings is 2. The van der Waals surface area contributed by atoms with E-state index >= 15 is 0 Å². The highest BCUT2D eigenvalue weighted by Crippen LogP contribution is 2.29. The van der Waals surface area contributed by atoms with Gasteiger partial charge in [-0.2, -0.15) is 0 Å². The second-order valence-corrected chi connectivity index (χ2v) is 5.18. The molecule has 3 heteroatoms. The summed E-state index contributed by atoms with van der Waals surface area (Å²) in [5.74, 6) is -0.242. The molecular weight excluding hydrogens is 305 g/mol. The van der Waals surface area contributed by atoms with Gasteiger partial charge in [-0.25, -0.2) is 4.39 Å². The van der Waals surface area contributed by atoms with Crippen LogP contribution in [-0.4, -0.2) is 6.54 Å². The molecule has 0 radical (unpaired) electrons. The first kappa shape index (κ1) is 14.0. The third-order valence-corrected chi connectivity index (χ3v) is 3.66. The smallest absolute Gasteiger partial charge is 0.124 e. The van der Waals surface area contributed by atoms with Crippen LogP contribution in [0.1, 0.15) is 12.5 Å². The Morgan fingerprint density at radius 3 is 2.47 bits per heavy atom. The fourth-order valence-electron chi connectivity index (χ4n) is 1.93. The maximum atomic E-state index is 13.1. The number of halogens is 2. The Morgan fingerprint density at radius 1 is 1.21 bits per heavy atom. The molecular formula is C16H15BrFN. The van der Waals surface area contributed by atoms with Gasteiger partial charge in [0.25, 0.3) is 0 Å². The standard InChI is InChI=1S/C16H15BrFN/c1-11(8-9-19)12-2-4-13(5-3-12)15-7-6-14(18)10-16(15)17/h2-8,10H,9,19H2,1H3. The summed E-state index contributed by atoms with van der Waals surface area (Å²) in [4.78, 5) is 0. The second kappa shape index (κ2) is 6.13. The van der Waals surface area contributed by atoms with Crippen LogP contribution in [0.5, 0.6) is 0 Å². The molecule has 0 aliphatic rings. The van der Waals surface area contributed by atoms with Gasteiger partial charge in [-0.1, -0.05) is 52.3 Å². The molecule has 2 aromatic carbocycles. The van der Waals surface area contributed by atoms with Crippen molar-refractivity contribution in [2.24, 2.45) is 5.73 Å². The van der Waals surface area contributed by atoms with Gasteiger partial charge >= 0.3 is 0 Å². The molecule has 2 rings (SSSR count). The molecule has 0 spiro atoms. The van der Waals surface area contributed by atoms with E-state index in [1.54, 1.807) is 6.07 Å². The lowest BCUT2D eigenvalue weighted by molar-refractivity contribution is 0.627. The van der Waals surface area contributed by atoms with Crippen LogP contribution in [0.2, 0.25) is 0 Å². The predicted molar refractivity (Wildman–Crippen MR) is 82.2 cm³/mol. The zero-order valence-electron chi connectivity index (χ0n) is 10.7. The highest BCUT2D eigenvalue weighted by Gasteiger charge is 2.04. The molecule has 0 aromatic heterocycles. The number of hydrogen-bond acceptors (Lipinski definition) is 1. The van der Waals surface area contributed by atoms with E-state index in [2.05, 4.69) is 15.9 Å². The van der Waals surface area contributed by atoms with Gasteiger partial charge in [0.2, 0.25) is 0 Å². The second-order valence-electron chi connectivity index (χ2n) is 4.32. The first-order chi connectivity index (χ1) is 9.11. The summed E-state index contributed by atoms with van der Waals surface area (Å²) in [6.45, 7) is 2.58. The molecule has 0 amide bonds. The fourth-order valence-corrected chi connectivity index (χ4v) is 2.51. The summed E-state index contributed by atoms with van der Waals surface area (Å²) >= 11 is 3.39. The first-order valence-corrected chi connectivity index (χ1v) is 6.84. The molecule has 0 bridgehead atoms. The van der Waals surface area contributed by atoms with Crippen molar-refractivity contribution in [3.63, 3.8) is 0 Å². The number of hydrogen-bond donors (Lipinski definition) is 1. The lowest BCUT2D eigenvalue weighted by atomic mass is 10.0. The van der Waals surface area contributed by atoms with E-state index in [0.717, 1.165) is 26.7 Å². The zero-order chi connectivity index (χ0) is 13.8. The van der Waals surface area contributed by atoms with Crippen molar-refractivity contribution in [2.45, 2.75) is 6.92 Å². The molecule has 2 N–H and O–H groups in total. The minimum Gasteiger partial charge on any atom is -0.327 e. The summed E-state index contributed by atoms with van der Waals surface area (Å²) in [6.07, 6.45) is 1.99. The Bertz CT molecular complexity index is 603. The van der Waals surface area contributed by atoms with Gasteiger partial charge < -0.3 is 5.73 Å². The summed E-state index contributed by atoms with van der Waals surface area (Å²) in [5, 5.41) is 0. The normalized spacial score (nSPS) is 11.7. The Labute approximate surface area is 121 Å². The van der Waals surface area contributed by atoms with Crippen LogP contribution < -0.4 is 5.73 Å². The SMILES string of the molecule is CC(=CCN)c1ccc(-c2ccc(F)cc2Br)cc1. The summed E-state index contributed by atoms with van der Waals surface area (Å²) in [6, 6.07) is 12.9. The number of rotatable bonds is 3. The Morgan fingerprint density at radius 2 is 1.89 bits per heavy atom. The monoisotopic (exact) mass is 319 g/mol. The third kappa shape index (κ3) is 3.31. The van der Waals surface area contributed by atoms with E-state index in [9.17, 15) is 4.39 Å². The maximum Gasteiger partial charge on any atom is 0.124 e. The van der Waals surface area contributed by atoms with Gasteiger partial charge in [0.05, 0.1) is 0 Å². The van der Waals surface area contributed by atoms with E-state index in [4.69, 9.17) is 5.73 Å². The molecule has 0 unspecified atom stereocenters. The average Bonchev–Trinajstić information content (AvgIpc) is 2.39. The van der Waals surface area contributed by atoms with Crippen LogP contribution >= 0.6 is 15.9 Å². The molecule has 0 aliphatic heterocycles. The summed E-state index contributed by atoms with van der Waals surface area (Å²) in [5.41, 5.74) is 9.84. The maximum absolute atomic E-state index is 13.1. The van der Waals surface area contributed by atoms with E-state index in [-0.39, 0.29) is 5.82 Å². The minimum atomic E-state index is -0.242. The van der Waals surface area contributed by atoms with Crippen molar-refractivity contribution >= 4 is 21.5 Å². The number of allylic oxidation sites excluding steroid dienone is 1. The van der Waals surface area contributed by atoms with Crippen LogP contribution in [0.25, 0.3) is 16.7 Å². The van der Waals surface area contributed by atoms with Crippen molar-refractivity contribution in [1.82, 2.24) is 0 Å². The fraction of sp³-hybridized carbons (Fsp3) is 0.125. The van der Waals surface area contributed by atoms with Gasteiger partial charge in [-0.05, 0) is 41.3 Å². The molecule has 0 fully saturated rings. The van der Waals surface area contributed by atoms with Crippen LogP contribution in [0.3, 0.4) is 0 Å². The molecule has 0 saturated carbocycles. The molecule has 0 atom stereocenters. The number of nitrogens with two attached hydrogens (primary N) is 1. The largest absolute Gasteiger partial charge is 0.327 e. The van der Waals surface area contributed by atoms with Crippen molar-refractivity contribution in [3.8, 4) is 11.1 Å². The molecule has 1 nitrogen and oxygen atoms in total. The Kier molecular flexibility index (Phi) is 4.51. The van der Waals surface area contributed by atoms with Gasteiger partial charge in [0, 0.05) is 11.0 Å². The molecule has 2 aromatic rings. The van der Waals surface area contributed by atoms with E-state index in [0.29, 0.717) is 6.54 Å². The average molecular weight is 320 g/mol. The van der Waals surface area contributed by atoms with Gasteiger partial charge in [-0.3, -0.25) is 0 Å². The third-order valence-electron chi connectivity index (χ3n) is 3.01. The molecule has 19 heavy (non-hydrogen) atoms. The highest BCUT2D eigenvalue weighted by molar-refractivity contribution is 9.10. The van der Waals surface area contributed by atoms with Crippen LogP contribution in [-0.2, 0) is 0 Å². The van der Waals surface area contributed by atoms with Crippen LogP contribution in [0, 0.1) is 5.82 Å². The van der Waals surface area contributed by atoms with Gasteiger partial charge in [0.1, 0.15) is 5.82 Å². The highest BCUT2D eigenvalue weighted by atomic mass is 79.9. The summed E-state index contributed by atoms with van der Waals surface area (Å²) in [7, 11) is 0. The molecule has 0 heterocycles. The molecule has 0 aliphatic carbocycles. The minimum absolute atomic E-state index is 0.242. The van der Waals surface area contributed by atoms with Crippen molar-refractivity contribution in [3.05, 3.63) is 64.4 Å². The zero-order valence-corrected chi connectivity index (χ0v) is 12.2. The van der Waals surface area contributed by atoms with Crippen molar-refractivity contribution in [2.75, 3.05) is 6.54 Å². The van der Waals surface area contributed by atoms with E-state index < -0.39 is 0 Å². The predicted octanol–water partition coefficient (Wildman–Crippen LogP) is 4.62. The van der Waals surface area contributed by atoms with Crippen LogP contribution in [0.4, 0.5) is 4.39 Å². The first-order valence-electron chi connectivity index (χ1n) is 6.04. The molecule has 98 valence electrons. The van der Waals surface area contributed by atoms with Gasteiger partial charge in [0.15, 0.2) is 0 Å². The van der Waals surface area contributed by atoms with Crippen molar-refractivity contribution < 1.29 is 4.39 Å². The quantitative estimate of drug-likeness (QED) is 0.877. The Hall–Kier alpha value is -1.45. The van der Waals surface area contributed by atoms with Crippen molar-refractivity contribution in [1.29, 1.82) is 0 Å². The lowest BCUT2D eigenvalue weighted by Gasteiger charge is -2.07.